The van der Waals surface area contributed by atoms with Crippen molar-refractivity contribution in [1.82, 2.24) is 0 Å². The fourth-order valence-corrected chi connectivity index (χ4v) is 1.26. The lowest BCUT2D eigenvalue weighted by atomic mass is 10.1. The smallest absolute Gasteiger partial charge is 0.172 e. The van der Waals surface area contributed by atoms with Crippen LogP contribution in [0.2, 0.25) is 0 Å². The van der Waals surface area contributed by atoms with Crippen LogP contribution in [0.3, 0.4) is 0 Å². The lowest BCUT2D eigenvalue weighted by molar-refractivity contribution is -0.149. The minimum Gasteiger partial charge on any atom is -0.351 e. The van der Waals surface area contributed by atoms with Gasteiger partial charge >= 0.3 is 0 Å². The van der Waals surface area contributed by atoms with Crippen LogP contribution in [0.4, 0.5) is 0 Å². The summed E-state index contributed by atoms with van der Waals surface area (Å²) in [6.45, 7) is 8.84. The summed E-state index contributed by atoms with van der Waals surface area (Å²) in [5, 5.41) is 0. The molecule has 0 heterocycles. The van der Waals surface area contributed by atoms with Crippen molar-refractivity contribution in [2.24, 2.45) is 5.73 Å². The molecule has 1 atom stereocenters. The van der Waals surface area contributed by atoms with Crippen molar-refractivity contribution < 1.29 is 9.47 Å². The number of ether oxygens (including phenoxy) is 2. The maximum absolute atomic E-state index is 5.95. The molecule has 0 aromatic carbocycles. The number of nitrogens with two attached hydrogens (primary N) is 1. The van der Waals surface area contributed by atoms with E-state index in [9.17, 15) is 0 Å². The third kappa shape index (κ3) is 6.13. The third-order valence-electron chi connectivity index (χ3n) is 1.96. The van der Waals surface area contributed by atoms with Gasteiger partial charge in [-0.15, -0.1) is 6.58 Å². The first-order valence-electron chi connectivity index (χ1n) is 5.35. The lowest BCUT2D eigenvalue weighted by Gasteiger charge is -2.23. The van der Waals surface area contributed by atoms with Gasteiger partial charge in [0.05, 0.1) is 6.04 Å². The maximum atomic E-state index is 5.95. The second kappa shape index (κ2) is 9.19. The average Bonchev–Trinajstić information content (AvgIpc) is 2.18. The number of allylic oxidation sites excluding steroid dienone is 1. The molecule has 0 aromatic rings. The van der Waals surface area contributed by atoms with E-state index in [0.717, 1.165) is 19.3 Å². The van der Waals surface area contributed by atoms with Crippen LogP contribution in [0.5, 0.6) is 0 Å². The summed E-state index contributed by atoms with van der Waals surface area (Å²) in [5.41, 5.74) is 5.95. The Morgan fingerprint density at radius 3 is 2.29 bits per heavy atom. The van der Waals surface area contributed by atoms with Crippen molar-refractivity contribution in [3.05, 3.63) is 12.7 Å². The van der Waals surface area contributed by atoms with Crippen molar-refractivity contribution in [1.29, 1.82) is 0 Å². The Kier molecular flexibility index (Phi) is 8.94. The molecule has 0 amide bonds. The zero-order valence-corrected chi connectivity index (χ0v) is 9.37. The van der Waals surface area contributed by atoms with Gasteiger partial charge in [0, 0.05) is 13.2 Å². The second-order valence-corrected chi connectivity index (χ2v) is 3.16. The van der Waals surface area contributed by atoms with E-state index in [-0.39, 0.29) is 12.3 Å². The molecule has 1 unspecified atom stereocenters. The largest absolute Gasteiger partial charge is 0.351 e. The van der Waals surface area contributed by atoms with Crippen LogP contribution in [-0.4, -0.2) is 25.5 Å². The Balaban J connectivity index is 3.74. The van der Waals surface area contributed by atoms with Gasteiger partial charge in [0.2, 0.25) is 0 Å². The first-order chi connectivity index (χ1) is 6.76. The van der Waals surface area contributed by atoms with Crippen LogP contribution in [-0.2, 0) is 9.47 Å². The van der Waals surface area contributed by atoms with E-state index in [1.807, 2.05) is 19.9 Å². The molecule has 84 valence electrons. The van der Waals surface area contributed by atoms with Crippen LogP contribution in [0.1, 0.15) is 33.1 Å². The Morgan fingerprint density at radius 1 is 1.29 bits per heavy atom. The van der Waals surface area contributed by atoms with Crippen LogP contribution >= 0.6 is 0 Å². The molecule has 3 heteroatoms. The molecule has 0 aromatic heterocycles. The molecule has 2 N–H and O–H groups in total. The Bertz CT molecular complexity index is 133. The molecule has 0 spiro atoms. The summed E-state index contributed by atoms with van der Waals surface area (Å²) < 4.78 is 10.8. The molecule has 0 bridgehead atoms. The van der Waals surface area contributed by atoms with E-state index in [1.54, 1.807) is 0 Å². The predicted molar refractivity (Wildman–Crippen MR) is 59.1 cm³/mol. The van der Waals surface area contributed by atoms with E-state index < -0.39 is 0 Å². The second-order valence-electron chi connectivity index (χ2n) is 3.16. The maximum Gasteiger partial charge on any atom is 0.172 e. The molecule has 0 aliphatic rings. The van der Waals surface area contributed by atoms with Gasteiger partial charge in [0.15, 0.2) is 6.29 Å². The minimum absolute atomic E-state index is 0.0325. The topological polar surface area (TPSA) is 44.5 Å². The summed E-state index contributed by atoms with van der Waals surface area (Å²) in [4.78, 5) is 0. The van der Waals surface area contributed by atoms with E-state index in [1.165, 1.54) is 0 Å². The standard InChI is InChI=1S/C11H23NO2/c1-4-7-8-9-10(12)11(13-5-2)14-6-3/h4,10-11H,1,5-9,12H2,2-3H3. The van der Waals surface area contributed by atoms with Crippen molar-refractivity contribution in [3.8, 4) is 0 Å². The highest BCUT2D eigenvalue weighted by molar-refractivity contribution is 4.71. The molecule has 0 fully saturated rings. The first kappa shape index (κ1) is 13.6. The number of unbranched alkanes of at least 4 members (excludes halogenated alkanes) is 1. The Morgan fingerprint density at radius 2 is 1.86 bits per heavy atom. The van der Waals surface area contributed by atoms with Gasteiger partial charge in [-0.3, -0.25) is 0 Å². The molecule has 3 nitrogen and oxygen atoms in total. The number of hydrogen-bond donors (Lipinski definition) is 1. The third-order valence-corrected chi connectivity index (χ3v) is 1.96. The molecule has 0 aliphatic carbocycles. The molecule has 0 saturated heterocycles. The molecular formula is C11H23NO2. The highest BCUT2D eigenvalue weighted by Gasteiger charge is 2.17. The predicted octanol–water partition coefficient (Wildman–Crippen LogP) is 2.07. The van der Waals surface area contributed by atoms with Gasteiger partial charge in [0.1, 0.15) is 0 Å². The van der Waals surface area contributed by atoms with Crippen molar-refractivity contribution in [2.45, 2.75) is 45.4 Å². The highest BCUT2D eigenvalue weighted by Crippen LogP contribution is 2.07. The van der Waals surface area contributed by atoms with Crippen LogP contribution in [0, 0.1) is 0 Å². The van der Waals surface area contributed by atoms with E-state index >= 15 is 0 Å². The Labute approximate surface area is 87.3 Å². The van der Waals surface area contributed by atoms with Crippen molar-refractivity contribution in [3.63, 3.8) is 0 Å². The molecule has 0 saturated carbocycles. The van der Waals surface area contributed by atoms with E-state index in [4.69, 9.17) is 15.2 Å². The summed E-state index contributed by atoms with van der Waals surface area (Å²) in [5.74, 6) is 0. The van der Waals surface area contributed by atoms with E-state index in [2.05, 4.69) is 6.58 Å². The summed E-state index contributed by atoms with van der Waals surface area (Å²) in [6.07, 6.45) is 4.61. The summed E-state index contributed by atoms with van der Waals surface area (Å²) >= 11 is 0. The summed E-state index contributed by atoms with van der Waals surface area (Å²) in [7, 11) is 0. The fraction of sp³-hybridized carbons (Fsp3) is 0.818. The zero-order valence-electron chi connectivity index (χ0n) is 9.37. The van der Waals surface area contributed by atoms with E-state index in [0.29, 0.717) is 13.2 Å². The number of hydrogen-bond acceptors (Lipinski definition) is 3. The van der Waals surface area contributed by atoms with Crippen LogP contribution < -0.4 is 5.73 Å². The normalized spacial score (nSPS) is 13.1. The highest BCUT2D eigenvalue weighted by atomic mass is 16.7. The van der Waals surface area contributed by atoms with Gasteiger partial charge in [-0.25, -0.2) is 0 Å². The molecule has 0 radical (unpaired) electrons. The quantitative estimate of drug-likeness (QED) is 0.353. The van der Waals surface area contributed by atoms with Crippen LogP contribution in [0.15, 0.2) is 12.7 Å². The summed E-state index contributed by atoms with van der Waals surface area (Å²) in [6, 6.07) is -0.0325. The molecule has 0 rings (SSSR count). The van der Waals surface area contributed by atoms with Gasteiger partial charge in [-0.1, -0.05) is 6.08 Å². The fourth-order valence-electron chi connectivity index (χ4n) is 1.26. The van der Waals surface area contributed by atoms with Gasteiger partial charge in [-0.2, -0.15) is 0 Å². The van der Waals surface area contributed by atoms with Crippen molar-refractivity contribution in [2.75, 3.05) is 13.2 Å². The minimum atomic E-state index is -0.255. The lowest BCUT2D eigenvalue weighted by Crippen LogP contribution is -2.38. The monoisotopic (exact) mass is 201 g/mol. The Hall–Kier alpha value is -0.380. The SMILES string of the molecule is C=CCCCC(N)C(OCC)OCC. The van der Waals surface area contributed by atoms with Gasteiger partial charge in [-0.05, 0) is 33.1 Å². The van der Waals surface area contributed by atoms with Crippen molar-refractivity contribution >= 4 is 0 Å². The number of rotatable bonds is 9. The van der Waals surface area contributed by atoms with Crippen LogP contribution in [0.25, 0.3) is 0 Å². The first-order valence-corrected chi connectivity index (χ1v) is 5.35. The molecule has 14 heavy (non-hydrogen) atoms. The molecular weight excluding hydrogens is 178 g/mol. The average molecular weight is 201 g/mol. The zero-order chi connectivity index (χ0) is 10.8. The molecule has 0 aliphatic heterocycles. The van der Waals surface area contributed by atoms with Gasteiger partial charge < -0.3 is 15.2 Å². The van der Waals surface area contributed by atoms with Gasteiger partial charge in [0.25, 0.3) is 0 Å².